The number of benzene rings is 1. The Hall–Kier alpha value is -2.05. The molecule has 0 radical (unpaired) electrons. The SMILES string of the molecule is CCc1cc2c(=O)n(Cc3cc(Cl)c4c(c3)OCO4)cnc2s1. The maximum atomic E-state index is 12.6. The van der Waals surface area contributed by atoms with E-state index < -0.39 is 0 Å². The van der Waals surface area contributed by atoms with Gasteiger partial charge >= 0.3 is 0 Å². The minimum absolute atomic E-state index is 0.0419. The number of halogens is 1. The fourth-order valence-electron chi connectivity index (χ4n) is 2.61. The maximum Gasteiger partial charge on any atom is 0.262 e. The Morgan fingerprint density at radius 1 is 1.35 bits per heavy atom. The topological polar surface area (TPSA) is 53.4 Å². The van der Waals surface area contributed by atoms with E-state index in [0.717, 1.165) is 21.7 Å². The Labute approximate surface area is 141 Å². The van der Waals surface area contributed by atoms with Gasteiger partial charge in [0.15, 0.2) is 11.5 Å². The molecule has 3 aromatic rings. The van der Waals surface area contributed by atoms with Crippen LogP contribution < -0.4 is 15.0 Å². The zero-order valence-corrected chi connectivity index (χ0v) is 13.9. The van der Waals surface area contributed by atoms with E-state index in [9.17, 15) is 4.79 Å². The third-order valence-corrected chi connectivity index (χ3v) is 5.23. The Kier molecular flexibility index (Phi) is 3.50. The van der Waals surface area contributed by atoms with Crippen molar-refractivity contribution >= 4 is 33.2 Å². The average molecular weight is 349 g/mol. The lowest BCUT2D eigenvalue weighted by molar-refractivity contribution is 0.174. The molecule has 3 heterocycles. The van der Waals surface area contributed by atoms with Crippen molar-refractivity contribution in [1.82, 2.24) is 9.55 Å². The standard InChI is InChI=1S/C16H13ClN2O3S/c1-2-10-5-11-15(23-10)18-7-19(16(11)20)6-9-3-12(17)14-13(4-9)21-8-22-14/h3-5,7H,2,6,8H2,1H3. The third kappa shape index (κ3) is 2.48. The summed E-state index contributed by atoms with van der Waals surface area (Å²) < 4.78 is 12.3. The van der Waals surface area contributed by atoms with Gasteiger partial charge in [0, 0.05) is 4.88 Å². The van der Waals surface area contributed by atoms with Gasteiger partial charge in [0.25, 0.3) is 5.56 Å². The molecule has 0 fully saturated rings. The molecule has 1 aliphatic heterocycles. The van der Waals surface area contributed by atoms with E-state index in [0.29, 0.717) is 28.5 Å². The smallest absolute Gasteiger partial charge is 0.262 e. The Morgan fingerprint density at radius 3 is 3.04 bits per heavy atom. The largest absolute Gasteiger partial charge is 0.454 e. The third-order valence-electron chi connectivity index (χ3n) is 3.76. The number of aryl methyl sites for hydroxylation is 1. The summed E-state index contributed by atoms with van der Waals surface area (Å²) in [7, 11) is 0. The van der Waals surface area contributed by atoms with Crippen LogP contribution in [-0.2, 0) is 13.0 Å². The Morgan fingerprint density at radius 2 is 2.22 bits per heavy atom. The van der Waals surface area contributed by atoms with Crippen molar-refractivity contribution in [2.24, 2.45) is 0 Å². The zero-order valence-electron chi connectivity index (χ0n) is 12.3. The zero-order chi connectivity index (χ0) is 16.0. The Bertz CT molecular complexity index is 964. The van der Waals surface area contributed by atoms with E-state index in [2.05, 4.69) is 11.9 Å². The quantitative estimate of drug-likeness (QED) is 0.727. The lowest BCUT2D eigenvalue weighted by Gasteiger charge is -2.07. The van der Waals surface area contributed by atoms with Gasteiger partial charge in [-0.15, -0.1) is 11.3 Å². The lowest BCUT2D eigenvalue weighted by Crippen LogP contribution is -2.20. The van der Waals surface area contributed by atoms with Crippen molar-refractivity contribution in [3.05, 3.63) is 50.3 Å². The van der Waals surface area contributed by atoms with Crippen molar-refractivity contribution < 1.29 is 9.47 Å². The molecule has 0 saturated heterocycles. The number of hydrogen-bond donors (Lipinski definition) is 0. The maximum absolute atomic E-state index is 12.6. The van der Waals surface area contributed by atoms with Crippen molar-refractivity contribution in [3.8, 4) is 11.5 Å². The van der Waals surface area contributed by atoms with E-state index in [1.54, 1.807) is 28.3 Å². The molecule has 23 heavy (non-hydrogen) atoms. The second kappa shape index (κ2) is 5.54. The summed E-state index contributed by atoms with van der Waals surface area (Å²) >= 11 is 7.75. The van der Waals surface area contributed by atoms with E-state index in [1.807, 2.05) is 12.1 Å². The van der Waals surface area contributed by atoms with Crippen LogP contribution in [0.15, 0.2) is 29.3 Å². The number of hydrogen-bond acceptors (Lipinski definition) is 5. The van der Waals surface area contributed by atoms with E-state index in [1.165, 1.54) is 0 Å². The lowest BCUT2D eigenvalue weighted by atomic mass is 10.2. The van der Waals surface area contributed by atoms with E-state index >= 15 is 0 Å². The predicted octanol–water partition coefficient (Wildman–Crippen LogP) is 3.45. The van der Waals surface area contributed by atoms with Crippen molar-refractivity contribution in [3.63, 3.8) is 0 Å². The highest BCUT2D eigenvalue weighted by molar-refractivity contribution is 7.18. The first-order valence-corrected chi connectivity index (χ1v) is 8.41. The summed E-state index contributed by atoms with van der Waals surface area (Å²) in [6.45, 7) is 2.62. The Balaban J connectivity index is 1.74. The van der Waals surface area contributed by atoms with E-state index in [-0.39, 0.29) is 12.4 Å². The first kappa shape index (κ1) is 14.5. The van der Waals surface area contributed by atoms with Crippen LogP contribution in [0, 0.1) is 0 Å². The molecule has 0 amide bonds. The minimum atomic E-state index is -0.0419. The highest BCUT2D eigenvalue weighted by atomic mass is 35.5. The van der Waals surface area contributed by atoms with Gasteiger partial charge in [-0.1, -0.05) is 18.5 Å². The average Bonchev–Trinajstić information content (AvgIpc) is 3.17. The summed E-state index contributed by atoms with van der Waals surface area (Å²) in [4.78, 5) is 19.0. The van der Waals surface area contributed by atoms with Gasteiger partial charge in [-0.2, -0.15) is 0 Å². The van der Waals surface area contributed by atoms with Gasteiger partial charge in [-0.05, 0) is 30.2 Å². The molecule has 2 aromatic heterocycles. The van der Waals surface area contributed by atoms with Crippen LogP contribution in [0.5, 0.6) is 11.5 Å². The number of thiophene rings is 1. The van der Waals surface area contributed by atoms with Gasteiger partial charge in [0.2, 0.25) is 6.79 Å². The molecule has 0 bridgehead atoms. The summed E-state index contributed by atoms with van der Waals surface area (Å²) in [5, 5.41) is 1.15. The fraction of sp³-hybridized carbons (Fsp3) is 0.250. The molecule has 0 aliphatic carbocycles. The number of rotatable bonds is 3. The molecule has 5 nitrogen and oxygen atoms in total. The van der Waals surface area contributed by atoms with Gasteiger partial charge in [0.05, 0.1) is 23.3 Å². The van der Waals surface area contributed by atoms with Crippen molar-refractivity contribution in [2.75, 3.05) is 6.79 Å². The first-order valence-electron chi connectivity index (χ1n) is 7.21. The van der Waals surface area contributed by atoms with Gasteiger partial charge in [-0.25, -0.2) is 4.98 Å². The monoisotopic (exact) mass is 348 g/mol. The molecule has 1 aromatic carbocycles. The number of aromatic nitrogens is 2. The number of fused-ring (bicyclic) bond motifs is 2. The normalized spacial score (nSPS) is 13.0. The van der Waals surface area contributed by atoms with Crippen molar-refractivity contribution in [1.29, 1.82) is 0 Å². The van der Waals surface area contributed by atoms with Crippen LogP contribution in [0.4, 0.5) is 0 Å². The first-order chi connectivity index (χ1) is 11.2. The van der Waals surface area contributed by atoms with Crippen LogP contribution in [0.25, 0.3) is 10.2 Å². The molecule has 7 heteroatoms. The van der Waals surface area contributed by atoms with Gasteiger partial charge in [-0.3, -0.25) is 9.36 Å². The van der Waals surface area contributed by atoms with Gasteiger partial charge < -0.3 is 9.47 Å². The molecule has 4 rings (SSSR count). The number of ether oxygens (including phenoxy) is 2. The summed E-state index contributed by atoms with van der Waals surface area (Å²) in [5.74, 6) is 1.17. The highest BCUT2D eigenvalue weighted by Crippen LogP contribution is 2.39. The molecule has 0 spiro atoms. The van der Waals surface area contributed by atoms with Crippen LogP contribution in [-0.4, -0.2) is 16.3 Å². The molecule has 0 saturated carbocycles. The second-order valence-electron chi connectivity index (χ2n) is 5.27. The van der Waals surface area contributed by atoms with Gasteiger partial charge in [0.1, 0.15) is 4.83 Å². The minimum Gasteiger partial charge on any atom is -0.454 e. The predicted molar refractivity (Wildman–Crippen MR) is 89.9 cm³/mol. The molecule has 0 N–H and O–H groups in total. The summed E-state index contributed by atoms with van der Waals surface area (Å²) in [6.07, 6.45) is 2.48. The van der Waals surface area contributed by atoms with Crippen LogP contribution in [0.3, 0.4) is 0 Å². The van der Waals surface area contributed by atoms with E-state index in [4.69, 9.17) is 21.1 Å². The number of nitrogens with zero attached hydrogens (tertiary/aromatic N) is 2. The highest BCUT2D eigenvalue weighted by Gasteiger charge is 2.18. The molecule has 0 unspecified atom stereocenters. The second-order valence-corrected chi connectivity index (χ2v) is 6.80. The van der Waals surface area contributed by atoms with Crippen LogP contribution >= 0.6 is 22.9 Å². The van der Waals surface area contributed by atoms with Crippen LogP contribution in [0.2, 0.25) is 5.02 Å². The molecule has 118 valence electrons. The van der Waals surface area contributed by atoms with Crippen molar-refractivity contribution in [2.45, 2.75) is 19.9 Å². The summed E-state index contributed by atoms with van der Waals surface area (Å²) in [6, 6.07) is 5.56. The molecular weight excluding hydrogens is 336 g/mol. The molecule has 0 atom stereocenters. The van der Waals surface area contributed by atoms with Crippen LogP contribution in [0.1, 0.15) is 17.4 Å². The molecule has 1 aliphatic rings. The fourth-order valence-corrected chi connectivity index (χ4v) is 3.82. The summed E-state index contributed by atoms with van der Waals surface area (Å²) in [5.41, 5.74) is 0.827. The molecular formula is C16H13ClN2O3S.